The monoisotopic (exact) mass is 245 g/mol. The Morgan fingerprint density at radius 2 is 2.33 bits per heavy atom. The van der Waals surface area contributed by atoms with Gasteiger partial charge in [0.1, 0.15) is 6.04 Å². The molecule has 0 aromatic carbocycles. The summed E-state index contributed by atoms with van der Waals surface area (Å²) in [6, 6.07) is 2.81. The molecule has 2 rings (SSSR count). The number of amides is 1. The van der Waals surface area contributed by atoms with E-state index in [2.05, 4.69) is 15.4 Å². The van der Waals surface area contributed by atoms with Gasteiger partial charge in [0.2, 0.25) is 5.91 Å². The summed E-state index contributed by atoms with van der Waals surface area (Å²) in [6.07, 6.45) is 4.98. The number of rotatable bonds is 3. The molecule has 6 nitrogen and oxygen atoms in total. The Kier molecular flexibility index (Phi) is 3.38. The van der Waals surface area contributed by atoms with Crippen molar-refractivity contribution < 1.29 is 4.79 Å². The van der Waals surface area contributed by atoms with Crippen LogP contribution in [0, 0.1) is 6.92 Å². The number of anilines is 1. The van der Waals surface area contributed by atoms with E-state index in [1.165, 1.54) is 0 Å². The number of nitrogens with two attached hydrogens (primary N) is 1. The highest BCUT2D eigenvalue weighted by atomic mass is 16.2. The fourth-order valence-electron chi connectivity index (χ4n) is 1.58. The maximum absolute atomic E-state index is 12.0. The van der Waals surface area contributed by atoms with Crippen LogP contribution in [-0.4, -0.2) is 20.7 Å². The van der Waals surface area contributed by atoms with Gasteiger partial charge in [0.25, 0.3) is 0 Å². The molecule has 2 aromatic heterocycles. The molecular weight excluding hydrogens is 230 g/mol. The van der Waals surface area contributed by atoms with Gasteiger partial charge in [-0.05, 0) is 19.1 Å². The predicted octanol–water partition coefficient (Wildman–Crippen LogP) is 0.762. The van der Waals surface area contributed by atoms with Gasteiger partial charge in [0.05, 0.1) is 17.6 Å². The topological polar surface area (TPSA) is 85.8 Å². The molecule has 0 saturated carbocycles. The zero-order chi connectivity index (χ0) is 13.1. The van der Waals surface area contributed by atoms with E-state index < -0.39 is 6.04 Å². The number of carbonyl (C=O) groups excluding carboxylic acids is 1. The van der Waals surface area contributed by atoms with Crippen molar-refractivity contribution in [3.8, 4) is 0 Å². The highest BCUT2D eigenvalue weighted by Gasteiger charge is 2.17. The molecule has 0 aliphatic heterocycles. The largest absolute Gasteiger partial charge is 0.323 e. The maximum atomic E-state index is 12.0. The summed E-state index contributed by atoms with van der Waals surface area (Å²) in [4.78, 5) is 16.1. The van der Waals surface area contributed by atoms with Crippen molar-refractivity contribution in [2.75, 3.05) is 5.32 Å². The average molecular weight is 245 g/mol. The third-order valence-electron chi connectivity index (χ3n) is 2.63. The van der Waals surface area contributed by atoms with Gasteiger partial charge in [-0.3, -0.25) is 14.5 Å². The Balaban J connectivity index is 2.11. The minimum atomic E-state index is -0.738. The van der Waals surface area contributed by atoms with Crippen molar-refractivity contribution >= 4 is 11.6 Å². The van der Waals surface area contributed by atoms with Crippen molar-refractivity contribution in [2.45, 2.75) is 13.0 Å². The second kappa shape index (κ2) is 4.97. The van der Waals surface area contributed by atoms with E-state index >= 15 is 0 Å². The first-order chi connectivity index (χ1) is 8.58. The zero-order valence-corrected chi connectivity index (χ0v) is 10.3. The Labute approximate surface area is 105 Å². The molecule has 94 valence electrons. The molecule has 18 heavy (non-hydrogen) atoms. The number of nitrogens with one attached hydrogen (secondary N) is 1. The summed E-state index contributed by atoms with van der Waals surface area (Å²) in [6.45, 7) is 1.82. The van der Waals surface area contributed by atoms with Crippen LogP contribution in [0.2, 0.25) is 0 Å². The van der Waals surface area contributed by atoms with E-state index in [0.717, 1.165) is 5.69 Å². The number of aromatic nitrogens is 3. The van der Waals surface area contributed by atoms with Crippen molar-refractivity contribution in [3.05, 3.63) is 42.0 Å². The Bertz CT molecular complexity index is 563. The number of hydrogen-bond acceptors (Lipinski definition) is 4. The average Bonchev–Trinajstić information content (AvgIpc) is 2.78. The second-order valence-corrected chi connectivity index (χ2v) is 4.05. The molecular formula is C12H15N5O. The fourth-order valence-corrected chi connectivity index (χ4v) is 1.58. The van der Waals surface area contributed by atoms with Crippen LogP contribution in [-0.2, 0) is 11.8 Å². The summed E-state index contributed by atoms with van der Waals surface area (Å²) >= 11 is 0. The molecule has 0 spiro atoms. The predicted molar refractivity (Wildman–Crippen MR) is 67.7 cm³/mol. The van der Waals surface area contributed by atoms with Crippen molar-refractivity contribution in [3.63, 3.8) is 0 Å². The van der Waals surface area contributed by atoms with Gasteiger partial charge in [-0.15, -0.1) is 0 Å². The summed E-state index contributed by atoms with van der Waals surface area (Å²) < 4.78 is 1.61. The Hall–Kier alpha value is -2.21. The first kappa shape index (κ1) is 12.3. The zero-order valence-electron chi connectivity index (χ0n) is 10.3. The maximum Gasteiger partial charge on any atom is 0.246 e. The fraction of sp³-hybridized carbons (Fsp3) is 0.250. The van der Waals surface area contributed by atoms with Gasteiger partial charge in [0, 0.05) is 25.0 Å². The lowest BCUT2D eigenvalue weighted by atomic mass is 10.1. The van der Waals surface area contributed by atoms with Crippen LogP contribution in [0.5, 0.6) is 0 Å². The number of nitrogens with zero attached hydrogens (tertiary/aromatic N) is 3. The molecule has 0 fully saturated rings. The second-order valence-electron chi connectivity index (χ2n) is 4.05. The molecule has 2 heterocycles. The van der Waals surface area contributed by atoms with Gasteiger partial charge < -0.3 is 11.1 Å². The minimum Gasteiger partial charge on any atom is -0.323 e. The normalized spacial score (nSPS) is 12.2. The minimum absolute atomic E-state index is 0.279. The number of pyridine rings is 1. The highest BCUT2D eigenvalue weighted by Crippen LogP contribution is 2.14. The number of aryl methyl sites for hydroxylation is 2. The van der Waals surface area contributed by atoms with Crippen LogP contribution in [0.4, 0.5) is 5.69 Å². The molecule has 1 atom stereocenters. The van der Waals surface area contributed by atoms with E-state index in [0.29, 0.717) is 11.3 Å². The third kappa shape index (κ3) is 2.54. The molecule has 0 saturated heterocycles. The lowest BCUT2D eigenvalue weighted by Crippen LogP contribution is -2.27. The molecule has 0 radical (unpaired) electrons. The molecule has 0 bridgehead atoms. The van der Waals surface area contributed by atoms with E-state index in [1.807, 2.05) is 6.92 Å². The Morgan fingerprint density at radius 3 is 2.94 bits per heavy atom. The van der Waals surface area contributed by atoms with Crippen LogP contribution in [0.1, 0.15) is 17.3 Å². The standard InChI is InChI=1S/C12H15N5O/c1-8-10(4-3-5-14-8)16-12(18)11(13)9-6-15-17(2)7-9/h3-7,11H,13H2,1-2H3,(H,16,18). The molecule has 6 heteroatoms. The molecule has 1 unspecified atom stereocenters. The molecule has 2 aromatic rings. The van der Waals surface area contributed by atoms with E-state index in [-0.39, 0.29) is 5.91 Å². The first-order valence-electron chi connectivity index (χ1n) is 5.54. The molecule has 1 amide bonds. The Morgan fingerprint density at radius 1 is 1.56 bits per heavy atom. The lowest BCUT2D eigenvalue weighted by Gasteiger charge is -2.11. The first-order valence-corrected chi connectivity index (χ1v) is 5.54. The number of carbonyl (C=O) groups is 1. The molecule has 3 N–H and O–H groups in total. The van der Waals surface area contributed by atoms with E-state index in [1.54, 1.807) is 42.5 Å². The quantitative estimate of drug-likeness (QED) is 0.836. The van der Waals surface area contributed by atoms with Crippen LogP contribution in [0.15, 0.2) is 30.7 Å². The highest BCUT2D eigenvalue weighted by molar-refractivity contribution is 5.95. The summed E-state index contributed by atoms with van der Waals surface area (Å²) in [7, 11) is 1.78. The summed E-state index contributed by atoms with van der Waals surface area (Å²) in [5, 5.41) is 6.74. The van der Waals surface area contributed by atoms with E-state index in [9.17, 15) is 4.79 Å². The van der Waals surface area contributed by atoms with Crippen LogP contribution >= 0.6 is 0 Å². The lowest BCUT2D eigenvalue weighted by molar-refractivity contribution is -0.117. The van der Waals surface area contributed by atoms with Gasteiger partial charge in [-0.1, -0.05) is 0 Å². The third-order valence-corrected chi connectivity index (χ3v) is 2.63. The molecule has 0 aliphatic carbocycles. The van der Waals surface area contributed by atoms with E-state index in [4.69, 9.17) is 5.73 Å². The van der Waals surface area contributed by atoms with Crippen molar-refractivity contribution in [1.29, 1.82) is 0 Å². The van der Waals surface area contributed by atoms with Crippen molar-refractivity contribution in [2.24, 2.45) is 12.8 Å². The van der Waals surface area contributed by atoms with Gasteiger partial charge >= 0.3 is 0 Å². The van der Waals surface area contributed by atoms with Crippen molar-refractivity contribution in [1.82, 2.24) is 14.8 Å². The summed E-state index contributed by atoms with van der Waals surface area (Å²) in [5.41, 5.74) is 7.96. The van der Waals surface area contributed by atoms with Gasteiger partial charge in [-0.2, -0.15) is 5.10 Å². The molecule has 0 aliphatic rings. The summed E-state index contributed by atoms with van der Waals surface area (Å²) in [5.74, 6) is -0.279. The van der Waals surface area contributed by atoms with Crippen LogP contribution in [0.3, 0.4) is 0 Å². The van der Waals surface area contributed by atoms with Crippen LogP contribution in [0.25, 0.3) is 0 Å². The van der Waals surface area contributed by atoms with Gasteiger partial charge in [0.15, 0.2) is 0 Å². The van der Waals surface area contributed by atoms with Gasteiger partial charge in [-0.25, -0.2) is 0 Å². The van der Waals surface area contributed by atoms with Crippen LogP contribution < -0.4 is 11.1 Å². The number of hydrogen-bond donors (Lipinski definition) is 2. The smallest absolute Gasteiger partial charge is 0.246 e. The SMILES string of the molecule is Cc1ncccc1NC(=O)C(N)c1cnn(C)c1.